The molecule has 0 unspecified atom stereocenters. The van der Waals surface area contributed by atoms with Crippen molar-refractivity contribution in [1.29, 1.82) is 0 Å². The molecule has 0 saturated heterocycles. The molecule has 1 fully saturated rings. The number of anilines is 2. The van der Waals surface area contributed by atoms with Gasteiger partial charge in [0.15, 0.2) is 11.6 Å². The van der Waals surface area contributed by atoms with E-state index in [4.69, 9.17) is 0 Å². The Morgan fingerprint density at radius 3 is 2.40 bits per heavy atom. The van der Waals surface area contributed by atoms with Crippen molar-refractivity contribution >= 4 is 11.4 Å². The summed E-state index contributed by atoms with van der Waals surface area (Å²) >= 11 is 0. The molecular weight excluding hydrogens is 316 g/mol. The molecule has 1 aliphatic rings. The minimum Gasteiger partial charge on any atom is -0.312 e. The van der Waals surface area contributed by atoms with Crippen LogP contribution in [0.15, 0.2) is 60.8 Å². The topological polar surface area (TPSA) is 3.24 Å². The summed E-state index contributed by atoms with van der Waals surface area (Å²) in [6, 6.07) is 13.8. The third-order valence-electron chi connectivity index (χ3n) is 5.07. The van der Waals surface area contributed by atoms with Gasteiger partial charge >= 0.3 is 0 Å². The predicted molar refractivity (Wildman–Crippen MR) is 99.9 cm³/mol. The lowest BCUT2D eigenvalue weighted by Crippen LogP contribution is -2.18. The monoisotopic (exact) mass is 341 g/mol. The third kappa shape index (κ3) is 4.28. The second-order valence-corrected chi connectivity index (χ2v) is 6.85. The van der Waals surface area contributed by atoms with E-state index in [1.165, 1.54) is 38.2 Å². The highest BCUT2D eigenvalue weighted by Gasteiger charge is 2.20. The first-order valence-electron chi connectivity index (χ1n) is 9.14. The minimum atomic E-state index is -0.835. The van der Waals surface area contributed by atoms with Crippen molar-refractivity contribution in [2.45, 2.75) is 44.9 Å². The van der Waals surface area contributed by atoms with Crippen molar-refractivity contribution in [2.24, 2.45) is 5.92 Å². The maximum absolute atomic E-state index is 14.4. The second kappa shape index (κ2) is 8.28. The van der Waals surface area contributed by atoms with Crippen LogP contribution in [-0.4, -0.2) is 0 Å². The van der Waals surface area contributed by atoms with Gasteiger partial charge in [0.25, 0.3) is 0 Å². The summed E-state index contributed by atoms with van der Waals surface area (Å²) in [5.41, 5.74) is 1.83. The van der Waals surface area contributed by atoms with E-state index in [9.17, 15) is 8.78 Å². The van der Waals surface area contributed by atoms with Crippen molar-refractivity contribution in [3.05, 3.63) is 72.4 Å². The van der Waals surface area contributed by atoms with Gasteiger partial charge in [-0.3, -0.25) is 0 Å². The summed E-state index contributed by atoms with van der Waals surface area (Å²) in [4.78, 5) is 1.75. The molecule has 132 valence electrons. The number of para-hydroxylation sites is 1. The van der Waals surface area contributed by atoms with Crippen LogP contribution in [0, 0.1) is 17.6 Å². The predicted octanol–water partition coefficient (Wildman–Crippen LogP) is 6.98. The van der Waals surface area contributed by atoms with Crippen molar-refractivity contribution in [1.82, 2.24) is 0 Å². The van der Waals surface area contributed by atoms with Gasteiger partial charge in [-0.25, -0.2) is 8.78 Å². The maximum atomic E-state index is 14.4. The van der Waals surface area contributed by atoms with E-state index in [1.807, 2.05) is 30.3 Å². The molecule has 25 heavy (non-hydrogen) atoms. The van der Waals surface area contributed by atoms with E-state index in [1.54, 1.807) is 11.0 Å². The molecule has 0 bridgehead atoms. The lowest BCUT2D eigenvalue weighted by atomic mass is 9.86. The Balaban J connectivity index is 1.83. The normalized spacial score (nSPS) is 15.1. The Labute approximate surface area is 149 Å². The molecule has 0 atom stereocenters. The molecule has 3 heteroatoms. The zero-order valence-corrected chi connectivity index (χ0v) is 14.6. The molecule has 0 spiro atoms. The van der Waals surface area contributed by atoms with Crippen molar-refractivity contribution in [2.75, 3.05) is 4.90 Å². The fourth-order valence-corrected chi connectivity index (χ4v) is 3.69. The number of hydrogen-bond donors (Lipinski definition) is 0. The molecular formula is C22H25F2N. The summed E-state index contributed by atoms with van der Waals surface area (Å²) in [6.45, 7) is 4.20. The van der Waals surface area contributed by atoms with Gasteiger partial charge in [0, 0.05) is 11.4 Å². The summed E-state index contributed by atoms with van der Waals surface area (Å²) < 4.78 is 28.2. The molecule has 2 aromatic rings. The van der Waals surface area contributed by atoms with Gasteiger partial charge in [-0.15, -0.1) is 0 Å². The Hall–Kier alpha value is -2.16. The highest BCUT2D eigenvalue weighted by molar-refractivity contribution is 5.68. The molecule has 0 aromatic heterocycles. The quantitative estimate of drug-likeness (QED) is 0.548. The smallest absolute Gasteiger partial charge is 0.182 e. The van der Waals surface area contributed by atoms with Gasteiger partial charge < -0.3 is 4.90 Å². The van der Waals surface area contributed by atoms with Crippen LogP contribution in [-0.2, 0) is 0 Å². The standard InChI is InChI=1S/C22H25F2N/c1-17(15-16-18-9-4-2-5-10-18)25(19-11-6-3-7-12-19)21-14-8-13-20(23)22(21)24/h3,6-8,11-14,18H,1-2,4-5,9-10,15-16H2. The van der Waals surface area contributed by atoms with Gasteiger partial charge in [0.05, 0.1) is 5.69 Å². The number of rotatable bonds is 6. The Kier molecular flexibility index (Phi) is 5.85. The Morgan fingerprint density at radius 1 is 0.960 bits per heavy atom. The van der Waals surface area contributed by atoms with Gasteiger partial charge in [0.1, 0.15) is 0 Å². The number of allylic oxidation sites excluding steroid dienone is 1. The van der Waals surface area contributed by atoms with Crippen molar-refractivity contribution < 1.29 is 8.78 Å². The third-order valence-corrected chi connectivity index (χ3v) is 5.07. The number of hydrogen-bond acceptors (Lipinski definition) is 1. The second-order valence-electron chi connectivity index (χ2n) is 6.85. The van der Waals surface area contributed by atoms with Crippen LogP contribution in [0.3, 0.4) is 0 Å². The van der Waals surface area contributed by atoms with E-state index in [2.05, 4.69) is 6.58 Å². The van der Waals surface area contributed by atoms with Gasteiger partial charge in [-0.1, -0.05) is 62.9 Å². The number of benzene rings is 2. The summed E-state index contributed by atoms with van der Waals surface area (Å²) in [7, 11) is 0. The first kappa shape index (κ1) is 17.7. The van der Waals surface area contributed by atoms with Crippen LogP contribution in [0.2, 0.25) is 0 Å². The molecule has 0 N–H and O–H groups in total. The van der Waals surface area contributed by atoms with Crippen molar-refractivity contribution in [3.8, 4) is 0 Å². The Morgan fingerprint density at radius 2 is 1.68 bits per heavy atom. The largest absolute Gasteiger partial charge is 0.312 e. The van der Waals surface area contributed by atoms with Gasteiger partial charge in [-0.2, -0.15) is 0 Å². The minimum absolute atomic E-state index is 0.222. The van der Waals surface area contributed by atoms with E-state index in [0.29, 0.717) is 0 Å². The first-order chi connectivity index (χ1) is 12.2. The van der Waals surface area contributed by atoms with Crippen LogP contribution < -0.4 is 4.90 Å². The van der Waals surface area contributed by atoms with Gasteiger partial charge in [-0.05, 0) is 43.0 Å². The molecule has 3 rings (SSSR count). The SMILES string of the molecule is C=C(CCC1CCCCC1)N(c1ccccc1)c1cccc(F)c1F. The molecule has 0 radical (unpaired) electrons. The fraction of sp³-hybridized carbons (Fsp3) is 0.364. The maximum Gasteiger partial charge on any atom is 0.182 e. The number of halogens is 2. The van der Waals surface area contributed by atoms with Crippen LogP contribution >= 0.6 is 0 Å². The zero-order valence-electron chi connectivity index (χ0n) is 14.6. The molecule has 0 heterocycles. The van der Waals surface area contributed by atoms with E-state index in [-0.39, 0.29) is 5.69 Å². The molecule has 1 aliphatic carbocycles. The zero-order chi connectivity index (χ0) is 17.6. The van der Waals surface area contributed by atoms with Gasteiger partial charge in [0.2, 0.25) is 0 Å². The lowest BCUT2D eigenvalue weighted by Gasteiger charge is -2.29. The van der Waals surface area contributed by atoms with Crippen LogP contribution in [0.5, 0.6) is 0 Å². The highest BCUT2D eigenvalue weighted by atomic mass is 19.2. The number of nitrogens with zero attached hydrogens (tertiary/aromatic N) is 1. The molecule has 2 aromatic carbocycles. The van der Waals surface area contributed by atoms with E-state index >= 15 is 0 Å². The van der Waals surface area contributed by atoms with Crippen LogP contribution in [0.1, 0.15) is 44.9 Å². The summed E-state index contributed by atoms with van der Waals surface area (Å²) in [5.74, 6) is -0.941. The highest BCUT2D eigenvalue weighted by Crippen LogP contribution is 2.35. The molecule has 1 nitrogen and oxygen atoms in total. The molecule has 1 saturated carbocycles. The molecule has 0 amide bonds. The van der Waals surface area contributed by atoms with E-state index < -0.39 is 11.6 Å². The van der Waals surface area contributed by atoms with Crippen LogP contribution in [0.25, 0.3) is 0 Å². The van der Waals surface area contributed by atoms with Crippen molar-refractivity contribution in [3.63, 3.8) is 0 Å². The van der Waals surface area contributed by atoms with E-state index in [0.717, 1.165) is 36.2 Å². The molecule has 0 aliphatic heterocycles. The summed E-state index contributed by atoms with van der Waals surface area (Å²) in [5, 5.41) is 0. The average molecular weight is 341 g/mol. The average Bonchev–Trinajstić information content (AvgIpc) is 2.65. The fourth-order valence-electron chi connectivity index (χ4n) is 3.69. The first-order valence-corrected chi connectivity index (χ1v) is 9.14. The van der Waals surface area contributed by atoms with Crippen LogP contribution in [0.4, 0.5) is 20.2 Å². The summed E-state index contributed by atoms with van der Waals surface area (Å²) in [6.07, 6.45) is 8.33. The Bertz CT molecular complexity index is 705. The lowest BCUT2D eigenvalue weighted by molar-refractivity contribution is 0.338.